The maximum absolute atomic E-state index is 13.0. The third kappa shape index (κ3) is 4.50. The normalized spacial score (nSPS) is 18.7. The van der Waals surface area contributed by atoms with Crippen molar-refractivity contribution in [1.82, 2.24) is 19.6 Å². The summed E-state index contributed by atoms with van der Waals surface area (Å²) in [5.74, 6) is -0.0846. The number of sulfonamides is 1. The molecule has 1 unspecified atom stereocenters. The molecule has 1 atom stereocenters. The Kier molecular flexibility index (Phi) is 5.81. The Hall–Kier alpha value is -2.27. The molecule has 0 spiro atoms. The van der Waals surface area contributed by atoms with Crippen molar-refractivity contribution in [1.29, 1.82) is 0 Å². The molecule has 3 rings (SSSR count). The molecule has 3 heterocycles. The SMILES string of the molecule is Cc1noc(C)c1S(=O)(=O)N1CCCC(C(=O)OCc2nc(C(C)(C)C)no2)C1. The standard InChI is InChI=1S/C18H26N4O6S/c1-11-15(12(2)27-20-11)29(24,25)22-8-6-7-13(9-22)16(23)26-10-14-19-17(21-28-14)18(3,4)5/h13H,6-10H2,1-5H3. The van der Waals surface area contributed by atoms with Crippen molar-refractivity contribution in [3.05, 3.63) is 23.2 Å². The van der Waals surface area contributed by atoms with Crippen LogP contribution < -0.4 is 0 Å². The van der Waals surface area contributed by atoms with Crippen LogP contribution in [-0.2, 0) is 31.6 Å². The lowest BCUT2D eigenvalue weighted by atomic mass is 9.96. The second-order valence-corrected chi connectivity index (χ2v) is 10.1. The summed E-state index contributed by atoms with van der Waals surface area (Å²) >= 11 is 0. The summed E-state index contributed by atoms with van der Waals surface area (Å²) in [6, 6.07) is 0. The average Bonchev–Trinajstić information content (AvgIpc) is 3.26. The van der Waals surface area contributed by atoms with Crippen LogP contribution >= 0.6 is 0 Å². The molecule has 10 nitrogen and oxygen atoms in total. The number of piperidine rings is 1. The molecule has 0 aromatic carbocycles. The third-order valence-electron chi connectivity index (χ3n) is 4.76. The Morgan fingerprint density at radius 3 is 2.55 bits per heavy atom. The van der Waals surface area contributed by atoms with Crippen LogP contribution in [0.25, 0.3) is 0 Å². The van der Waals surface area contributed by atoms with Crippen molar-refractivity contribution in [2.75, 3.05) is 13.1 Å². The largest absolute Gasteiger partial charge is 0.455 e. The number of hydrogen-bond acceptors (Lipinski definition) is 9. The quantitative estimate of drug-likeness (QED) is 0.660. The summed E-state index contributed by atoms with van der Waals surface area (Å²) in [4.78, 5) is 16.8. The number of esters is 1. The number of nitrogens with zero attached hydrogens (tertiary/aromatic N) is 4. The maximum Gasteiger partial charge on any atom is 0.310 e. The van der Waals surface area contributed by atoms with E-state index in [0.29, 0.717) is 30.9 Å². The fourth-order valence-electron chi connectivity index (χ4n) is 3.19. The molecule has 0 radical (unpaired) electrons. The second kappa shape index (κ2) is 7.86. The van der Waals surface area contributed by atoms with Crippen molar-refractivity contribution in [3.8, 4) is 0 Å². The predicted molar refractivity (Wildman–Crippen MR) is 100 cm³/mol. The molecule has 0 saturated carbocycles. The average molecular weight is 426 g/mol. The van der Waals surface area contributed by atoms with Gasteiger partial charge in [-0.2, -0.15) is 9.29 Å². The van der Waals surface area contributed by atoms with E-state index in [1.165, 1.54) is 4.31 Å². The highest BCUT2D eigenvalue weighted by Gasteiger charge is 2.37. The Morgan fingerprint density at radius 1 is 1.24 bits per heavy atom. The molecule has 11 heteroatoms. The smallest absolute Gasteiger partial charge is 0.310 e. The van der Waals surface area contributed by atoms with E-state index in [0.717, 1.165) is 0 Å². The van der Waals surface area contributed by atoms with Crippen molar-refractivity contribution in [2.45, 2.75) is 64.4 Å². The predicted octanol–water partition coefficient (Wildman–Crippen LogP) is 2.12. The summed E-state index contributed by atoms with van der Waals surface area (Å²) < 4.78 is 42.7. The zero-order valence-electron chi connectivity index (χ0n) is 17.3. The molecule has 0 bridgehead atoms. The van der Waals surface area contributed by atoms with Gasteiger partial charge in [-0.1, -0.05) is 31.1 Å². The minimum Gasteiger partial charge on any atom is -0.455 e. The van der Waals surface area contributed by atoms with Crippen molar-refractivity contribution in [3.63, 3.8) is 0 Å². The lowest BCUT2D eigenvalue weighted by molar-refractivity contribution is -0.151. The first-order chi connectivity index (χ1) is 13.5. The summed E-state index contributed by atoms with van der Waals surface area (Å²) in [7, 11) is -3.80. The molecule has 0 N–H and O–H groups in total. The molecule has 0 amide bonds. The van der Waals surface area contributed by atoms with E-state index >= 15 is 0 Å². The zero-order chi connectivity index (χ0) is 21.4. The van der Waals surface area contributed by atoms with Crippen LogP contribution in [0.5, 0.6) is 0 Å². The van der Waals surface area contributed by atoms with Gasteiger partial charge in [-0.05, 0) is 26.7 Å². The topological polar surface area (TPSA) is 129 Å². The monoisotopic (exact) mass is 426 g/mol. The fourth-order valence-corrected chi connectivity index (χ4v) is 5.01. The lowest BCUT2D eigenvalue weighted by Gasteiger charge is -2.30. The third-order valence-corrected chi connectivity index (χ3v) is 6.87. The van der Waals surface area contributed by atoms with Gasteiger partial charge < -0.3 is 13.8 Å². The van der Waals surface area contributed by atoms with Gasteiger partial charge in [0, 0.05) is 18.5 Å². The van der Waals surface area contributed by atoms with Gasteiger partial charge in [0.15, 0.2) is 18.2 Å². The highest BCUT2D eigenvalue weighted by atomic mass is 32.2. The van der Waals surface area contributed by atoms with Gasteiger partial charge in [0.05, 0.1) is 5.92 Å². The van der Waals surface area contributed by atoms with E-state index in [-0.39, 0.29) is 35.1 Å². The van der Waals surface area contributed by atoms with Crippen LogP contribution in [-0.4, -0.2) is 47.1 Å². The molecule has 160 valence electrons. The minimum atomic E-state index is -3.80. The molecular formula is C18H26N4O6S. The van der Waals surface area contributed by atoms with E-state index in [4.69, 9.17) is 13.8 Å². The molecule has 2 aromatic rings. The highest BCUT2D eigenvalue weighted by Crippen LogP contribution is 2.28. The van der Waals surface area contributed by atoms with Crippen LogP contribution in [0.4, 0.5) is 0 Å². The Morgan fingerprint density at radius 2 is 1.97 bits per heavy atom. The van der Waals surface area contributed by atoms with Crippen molar-refractivity contribution < 1.29 is 27.0 Å². The first-order valence-electron chi connectivity index (χ1n) is 9.43. The molecule has 1 aliphatic heterocycles. The second-order valence-electron chi connectivity index (χ2n) is 8.22. The first-order valence-corrected chi connectivity index (χ1v) is 10.9. The van der Waals surface area contributed by atoms with Gasteiger partial charge in [-0.3, -0.25) is 4.79 Å². The number of hydrogen-bond donors (Lipinski definition) is 0. The molecular weight excluding hydrogens is 400 g/mol. The number of ether oxygens (including phenoxy) is 1. The van der Waals surface area contributed by atoms with Crippen LogP contribution in [0.15, 0.2) is 13.9 Å². The van der Waals surface area contributed by atoms with Crippen LogP contribution in [0.3, 0.4) is 0 Å². The summed E-state index contributed by atoms with van der Waals surface area (Å²) in [6.07, 6.45) is 1.10. The number of aromatic nitrogens is 3. The van der Waals surface area contributed by atoms with E-state index in [9.17, 15) is 13.2 Å². The van der Waals surface area contributed by atoms with Gasteiger partial charge in [0.1, 0.15) is 10.6 Å². The first kappa shape index (κ1) is 21.4. The minimum absolute atomic E-state index is 0.0439. The fraction of sp³-hybridized carbons (Fsp3) is 0.667. The van der Waals surface area contributed by atoms with Crippen molar-refractivity contribution in [2.24, 2.45) is 5.92 Å². The van der Waals surface area contributed by atoms with E-state index in [1.54, 1.807) is 13.8 Å². The number of carbonyl (C=O) groups excluding carboxylic acids is 1. The van der Waals surface area contributed by atoms with Gasteiger partial charge in [0.2, 0.25) is 10.0 Å². The van der Waals surface area contributed by atoms with Gasteiger partial charge in [0.25, 0.3) is 5.89 Å². The Balaban J connectivity index is 1.64. The summed E-state index contributed by atoms with van der Waals surface area (Å²) in [6.45, 7) is 9.21. The molecule has 29 heavy (non-hydrogen) atoms. The van der Waals surface area contributed by atoms with Gasteiger partial charge in [-0.25, -0.2) is 8.42 Å². The number of rotatable bonds is 5. The van der Waals surface area contributed by atoms with Gasteiger partial charge in [-0.15, -0.1) is 0 Å². The van der Waals surface area contributed by atoms with E-state index in [2.05, 4.69) is 15.3 Å². The summed E-state index contributed by atoms with van der Waals surface area (Å²) in [5, 5.41) is 7.61. The Bertz CT molecular complexity index is 969. The molecule has 0 aliphatic carbocycles. The summed E-state index contributed by atoms with van der Waals surface area (Å²) in [5.41, 5.74) is 0.0283. The van der Waals surface area contributed by atoms with E-state index in [1.807, 2.05) is 20.8 Å². The van der Waals surface area contributed by atoms with Crippen LogP contribution in [0, 0.1) is 19.8 Å². The van der Waals surface area contributed by atoms with Gasteiger partial charge >= 0.3 is 5.97 Å². The molecule has 1 saturated heterocycles. The highest BCUT2D eigenvalue weighted by molar-refractivity contribution is 7.89. The lowest BCUT2D eigenvalue weighted by Crippen LogP contribution is -2.43. The maximum atomic E-state index is 13.0. The Labute approximate surface area is 169 Å². The number of aryl methyl sites for hydroxylation is 2. The zero-order valence-corrected chi connectivity index (χ0v) is 18.1. The van der Waals surface area contributed by atoms with Crippen LogP contribution in [0.1, 0.15) is 56.8 Å². The number of carbonyl (C=O) groups is 1. The molecule has 1 aliphatic rings. The van der Waals surface area contributed by atoms with Crippen molar-refractivity contribution >= 4 is 16.0 Å². The molecule has 1 fully saturated rings. The van der Waals surface area contributed by atoms with Crippen LogP contribution in [0.2, 0.25) is 0 Å². The van der Waals surface area contributed by atoms with E-state index < -0.39 is 21.9 Å². The molecule has 2 aromatic heterocycles.